The fourth-order valence-electron chi connectivity index (χ4n) is 2.60. The topological polar surface area (TPSA) is 72.8 Å². The normalized spacial score (nSPS) is 18.8. The van der Waals surface area contributed by atoms with Crippen LogP contribution in [0.2, 0.25) is 0 Å². The van der Waals surface area contributed by atoms with Gasteiger partial charge in [-0.2, -0.15) is 13.2 Å². The molecule has 158 valence electrons. The van der Waals surface area contributed by atoms with Gasteiger partial charge in [-0.25, -0.2) is 4.79 Å². The summed E-state index contributed by atoms with van der Waals surface area (Å²) in [7, 11) is -0.865. The van der Waals surface area contributed by atoms with Crippen LogP contribution in [0.3, 0.4) is 0 Å². The summed E-state index contributed by atoms with van der Waals surface area (Å²) in [4.78, 5) is 23.0. The summed E-state index contributed by atoms with van der Waals surface area (Å²) in [5, 5.41) is 9.23. The maximum Gasteiger partial charge on any atom is 0.491 e. The number of thioether (sulfide) groups is 1. The second kappa shape index (κ2) is 8.16. The average Bonchev–Trinajstić information content (AvgIpc) is 2.77. The maximum absolute atomic E-state index is 13.0. The minimum absolute atomic E-state index is 0.0689. The largest absolute Gasteiger partial charge is 0.491 e. The Labute approximate surface area is 171 Å². The smallest absolute Gasteiger partial charge is 0.478 e. The predicted molar refractivity (Wildman–Crippen MR) is 106 cm³/mol. The molecule has 1 aliphatic rings. The number of hydrogen-bond acceptors (Lipinski definition) is 5. The molecule has 5 nitrogen and oxygen atoms in total. The van der Waals surface area contributed by atoms with E-state index in [-0.39, 0.29) is 16.4 Å². The molecule has 0 spiro atoms. The lowest BCUT2D eigenvalue weighted by atomic mass is 9.78. The number of carboxylic acid groups (broad SMARTS) is 1. The molecular formula is C19H22BF3O5S. The molecule has 1 aromatic rings. The SMILES string of the molecule is CC(=O)SCC(=Cc1ccc(C(F)(F)F)cc1C(=O)O)B1OC(C)(C)C(C)(C)O1. The lowest BCUT2D eigenvalue weighted by Gasteiger charge is -2.32. The van der Waals surface area contributed by atoms with Crippen LogP contribution in [0.15, 0.2) is 23.7 Å². The van der Waals surface area contributed by atoms with E-state index in [1.54, 1.807) is 0 Å². The van der Waals surface area contributed by atoms with Gasteiger partial charge in [0.2, 0.25) is 0 Å². The molecule has 0 bridgehead atoms. The fraction of sp³-hybridized carbons (Fsp3) is 0.474. The Bertz CT molecular complexity index is 833. The molecular weight excluding hydrogens is 408 g/mol. The number of carboxylic acids is 1. The summed E-state index contributed by atoms with van der Waals surface area (Å²) in [6, 6.07) is 2.50. The Kier molecular flexibility index (Phi) is 6.61. The minimum atomic E-state index is -4.66. The number of hydrogen-bond donors (Lipinski definition) is 1. The van der Waals surface area contributed by atoms with Crippen molar-refractivity contribution in [3.8, 4) is 0 Å². The third-order valence-corrected chi connectivity index (χ3v) is 5.83. The molecule has 0 saturated carbocycles. The van der Waals surface area contributed by atoms with E-state index in [4.69, 9.17) is 9.31 Å². The van der Waals surface area contributed by atoms with Crippen LogP contribution in [0, 0.1) is 0 Å². The van der Waals surface area contributed by atoms with Crippen molar-refractivity contribution in [1.29, 1.82) is 0 Å². The van der Waals surface area contributed by atoms with E-state index in [1.807, 2.05) is 27.7 Å². The van der Waals surface area contributed by atoms with E-state index in [0.717, 1.165) is 23.9 Å². The van der Waals surface area contributed by atoms with Crippen LogP contribution in [-0.4, -0.2) is 40.3 Å². The number of carbonyl (C=O) groups excluding carboxylic acids is 1. The van der Waals surface area contributed by atoms with Gasteiger partial charge in [0.1, 0.15) is 0 Å². The Morgan fingerprint density at radius 1 is 1.17 bits per heavy atom. The molecule has 0 amide bonds. The molecule has 1 N–H and O–H groups in total. The van der Waals surface area contributed by atoms with Gasteiger partial charge < -0.3 is 14.4 Å². The van der Waals surface area contributed by atoms with Gasteiger partial charge in [-0.3, -0.25) is 4.79 Å². The molecule has 1 aliphatic heterocycles. The van der Waals surface area contributed by atoms with Crippen LogP contribution < -0.4 is 0 Å². The van der Waals surface area contributed by atoms with Crippen molar-refractivity contribution in [3.05, 3.63) is 40.4 Å². The van der Waals surface area contributed by atoms with Crippen molar-refractivity contribution in [3.63, 3.8) is 0 Å². The summed E-state index contributed by atoms with van der Waals surface area (Å²) < 4.78 is 50.8. The van der Waals surface area contributed by atoms with Gasteiger partial charge >= 0.3 is 19.3 Å². The summed E-state index contributed by atoms with van der Waals surface area (Å²) in [6.45, 7) is 8.73. The lowest BCUT2D eigenvalue weighted by molar-refractivity contribution is -0.137. The summed E-state index contributed by atoms with van der Waals surface area (Å²) >= 11 is 0.973. The highest BCUT2D eigenvalue weighted by Crippen LogP contribution is 2.40. The van der Waals surface area contributed by atoms with Crippen molar-refractivity contribution < 1.29 is 37.2 Å². The molecule has 0 atom stereocenters. The Hall–Kier alpha value is -1.78. The molecule has 10 heteroatoms. The molecule has 1 aromatic carbocycles. The Morgan fingerprint density at radius 2 is 1.72 bits per heavy atom. The van der Waals surface area contributed by atoms with E-state index >= 15 is 0 Å². The van der Waals surface area contributed by atoms with Gasteiger partial charge in [-0.1, -0.05) is 23.9 Å². The third kappa shape index (κ3) is 5.43. The molecule has 0 aromatic heterocycles. The van der Waals surface area contributed by atoms with Gasteiger partial charge in [-0.15, -0.1) is 0 Å². The van der Waals surface area contributed by atoms with Crippen molar-refractivity contribution in [1.82, 2.24) is 0 Å². The number of alkyl halides is 3. The van der Waals surface area contributed by atoms with Crippen LogP contribution in [0.5, 0.6) is 0 Å². The Balaban J connectivity index is 2.51. The van der Waals surface area contributed by atoms with Crippen LogP contribution in [0.25, 0.3) is 6.08 Å². The van der Waals surface area contributed by atoms with Gasteiger partial charge in [0.05, 0.1) is 22.3 Å². The van der Waals surface area contributed by atoms with Crippen molar-refractivity contribution in [2.45, 2.75) is 52.0 Å². The molecule has 2 rings (SSSR count). The minimum Gasteiger partial charge on any atom is -0.478 e. The zero-order valence-electron chi connectivity index (χ0n) is 16.7. The fourth-order valence-corrected chi connectivity index (χ4v) is 3.19. The van der Waals surface area contributed by atoms with Crippen LogP contribution in [-0.2, 0) is 20.3 Å². The van der Waals surface area contributed by atoms with Gasteiger partial charge in [0, 0.05) is 12.7 Å². The standard InChI is InChI=1S/C19H22BF3O5S/c1-11(24)29-10-14(20-27-17(2,3)18(4,5)28-20)8-12-6-7-13(19(21,22)23)9-15(12)16(25)26/h6-9H,10H2,1-5H3,(H,25,26). The number of aromatic carboxylic acids is 1. The van der Waals surface area contributed by atoms with Crippen molar-refractivity contribution in [2.75, 3.05) is 5.75 Å². The maximum atomic E-state index is 13.0. The van der Waals surface area contributed by atoms with Crippen LogP contribution in [0.4, 0.5) is 13.2 Å². The number of halogens is 3. The zero-order chi connectivity index (χ0) is 22.2. The average molecular weight is 430 g/mol. The zero-order valence-corrected chi connectivity index (χ0v) is 17.5. The van der Waals surface area contributed by atoms with E-state index in [2.05, 4.69) is 0 Å². The van der Waals surface area contributed by atoms with E-state index < -0.39 is 41.6 Å². The monoisotopic (exact) mass is 430 g/mol. The van der Waals surface area contributed by atoms with Gasteiger partial charge in [0.25, 0.3) is 0 Å². The summed E-state index contributed by atoms with van der Waals surface area (Å²) in [6.07, 6.45) is -3.24. The second-order valence-corrected chi connectivity index (χ2v) is 8.84. The molecule has 0 radical (unpaired) electrons. The van der Waals surface area contributed by atoms with E-state index in [1.165, 1.54) is 13.0 Å². The first kappa shape index (κ1) is 23.5. The van der Waals surface area contributed by atoms with E-state index in [0.29, 0.717) is 11.5 Å². The van der Waals surface area contributed by atoms with Crippen LogP contribution >= 0.6 is 11.8 Å². The molecule has 1 heterocycles. The second-order valence-electron chi connectivity index (χ2n) is 7.69. The number of rotatable bonds is 5. The highest BCUT2D eigenvalue weighted by Gasteiger charge is 2.52. The lowest BCUT2D eigenvalue weighted by Crippen LogP contribution is -2.41. The highest BCUT2D eigenvalue weighted by molar-refractivity contribution is 8.13. The van der Waals surface area contributed by atoms with E-state index in [9.17, 15) is 27.9 Å². The number of benzene rings is 1. The molecule has 0 aliphatic carbocycles. The third-order valence-electron chi connectivity index (χ3n) is 4.95. The molecule has 1 saturated heterocycles. The van der Waals surface area contributed by atoms with Crippen molar-refractivity contribution >= 4 is 36.0 Å². The van der Waals surface area contributed by atoms with Crippen molar-refractivity contribution in [2.24, 2.45) is 0 Å². The highest BCUT2D eigenvalue weighted by atomic mass is 32.2. The molecule has 0 unspecified atom stereocenters. The quantitative estimate of drug-likeness (QED) is 0.683. The van der Waals surface area contributed by atoms with Gasteiger partial charge in [-0.05, 0) is 50.9 Å². The summed E-state index contributed by atoms with van der Waals surface area (Å²) in [5.74, 6) is -1.35. The Morgan fingerprint density at radius 3 is 2.17 bits per heavy atom. The summed E-state index contributed by atoms with van der Waals surface area (Å²) in [5.41, 5.74) is -2.38. The molecule has 29 heavy (non-hydrogen) atoms. The first-order valence-electron chi connectivity index (χ1n) is 8.78. The number of carbonyl (C=O) groups is 2. The first-order valence-corrected chi connectivity index (χ1v) is 9.76. The van der Waals surface area contributed by atoms with Gasteiger partial charge in [0.15, 0.2) is 5.12 Å². The first-order chi connectivity index (χ1) is 13.1. The molecule has 1 fully saturated rings. The predicted octanol–water partition coefficient (Wildman–Crippen LogP) is 4.70. The van der Waals surface area contributed by atoms with Crippen LogP contribution in [0.1, 0.15) is 56.1 Å².